The van der Waals surface area contributed by atoms with Crippen LogP contribution in [0.5, 0.6) is 0 Å². The lowest BCUT2D eigenvalue weighted by molar-refractivity contribution is 0.103. The van der Waals surface area contributed by atoms with E-state index in [2.05, 4.69) is 202 Å². The average molecular weight is 995 g/mol. The molecular formula is C76H50O2. The summed E-state index contributed by atoms with van der Waals surface area (Å²) in [5, 5.41) is 2.36. The van der Waals surface area contributed by atoms with Gasteiger partial charge in [0.25, 0.3) is 0 Å². The van der Waals surface area contributed by atoms with Crippen molar-refractivity contribution >= 4 is 22.3 Å². The number of ketones is 2. The smallest absolute Gasteiger partial charge is 0.193 e. The highest BCUT2D eigenvalue weighted by atomic mass is 16.1. The number of hydrogen-bond acceptors (Lipinski definition) is 2. The van der Waals surface area contributed by atoms with E-state index in [9.17, 15) is 0 Å². The molecule has 12 aromatic rings. The Bertz CT molecular complexity index is 4440. The molecule has 2 heteroatoms. The first kappa shape index (κ1) is 45.6. The second kappa shape index (κ2) is 17.7. The summed E-state index contributed by atoms with van der Waals surface area (Å²) >= 11 is 0. The Morgan fingerprint density at radius 3 is 1.31 bits per heavy atom. The van der Waals surface area contributed by atoms with Gasteiger partial charge in [-0.2, -0.15) is 0 Å². The summed E-state index contributed by atoms with van der Waals surface area (Å²) in [6.07, 6.45) is 0. The van der Waals surface area contributed by atoms with Gasteiger partial charge in [0.15, 0.2) is 11.6 Å². The van der Waals surface area contributed by atoms with Gasteiger partial charge in [0.1, 0.15) is 0 Å². The van der Waals surface area contributed by atoms with E-state index in [1.807, 2.05) is 72.8 Å². The number of hydrogen-bond donors (Lipinski definition) is 0. The van der Waals surface area contributed by atoms with Crippen LogP contribution in [-0.2, 0) is 5.41 Å². The van der Waals surface area contributed by atoms with Crippen LogP contribution in [0.2, 0.25) is 0 Å². The predicted molar refractivity (Wildman–Crippen MR) is 319 cm³/mol. The lowest BCUT2D eigenvalue weighted by Gasteiger charge is -2.34. The second-order valence-electron chi connectivity index (χ2n) is 21.3. The first-order valence-corrected chi connectivity index (χ1v) is 27.0. The molecule has 3 aliphatic carbocycles. The van der Waals surface area contributed by atoms with Crippen molar-refractivity contribution in [3.05, 3.63) is 333 Å². The molecule has 0 radical (unpaired) electrons. The molecule has 0 N–H and O–H groups in total. The summed E-state index contributed by atoms with van der Waals surface area (Å²) in [6.45, 7) is 4.45. The molecule has 12 aromatic carbocycles. The molecule has 0 fully saturated rings. The molecule has 0 heterocycles. The average Bonchev–Trinajstić information content (AvgIpc) is 4.21. The van der Waals surface area contributed by atoms with Crippen LogP contribution in [0.1, 0.15) is 87.8 Å². The van der Waals surface area contributed by atoms with Crippen LogP contribution in [0.3, 0.4) is 0 Å². The van der Waals surface area contributed by atoms with E-state index < -0.39 is 5.41 Å². The zero-order chi connectivity index (χ0) is 52.2. The van der Waals surface area contributed by atoms with Crippen molar-refractivity contribution in [3.63, 3.8) is 0 Å². The van der Waals surface area contributed by atoms with Crippen molar-refractivity contribution in [2.45, 2.75) is 25.2 Å². The Labute approximate surface area is 454 Å². The minimum atomic E-state index is -0.848. The highest BCUT2D eigenvalue weighted by molar-refractivity contribution is 6.18. The third-order valence-electron chi connectivity index (χ3n) is 17.3. The monoisotopic (exact) mass is 994 g/mol. The van der Waals surface area contributed by atoms with Crippen molar-refractivity contribution < 1.29 is 9.59 Å². The minimum Gasteiger partial charge on any atom is -0.289 e. The normalized spacial score (nSPS) is 13.8. The van der Waals surface area contributed by atoms with Crippen LogP contribution in [0.15, 0.2) is 261 Å². The summed E-state index contributed by atoms with van der Waals surface area (Å²) in [7, 11) is 0. The van der Waals surface area contributed by atoms with Crippen LogP contribution in [0.4, 0.5) is 0 Å². The van der Waals surface area contributed by atoms with Gasteiger partial charge in [-0.3, -0.25) is 9.59 Å². The molecule has 1 unspecified atom stereocenters. The second-order valence-corrected chi connectivity index (χ2v) is 21.3. The van der Waals surface area contributed by atoms with Gasteiger partial charge in [-0.1, -0.05) is 249 Å². The minimum absolute atomic E-state index is 0.0154. The quantitative estimate of drug-likeness (QED) is 0.142. The Balaban J connectivity index is 1.06. The van der Waals surface area contributed by atoms with E-state index >= 15 is 9.59 Å². The summed E-state index contributed by atoms with van der Waals surface area (Å²) < 4.78 is 0. The van der Waals surface area contributed by atoms with Gasteiger partial charge in [0.05, 0.1) is 5.41 Å². The lowest BCUT2D eigenvalue weighted by atomic mass is 9.66. The van der Waals surface area contributed by atoms with Gasteiger partial charge in [-0.25, -0.2) is 0 Å². The molecular weight excluding hydrogens is 945 g/mol. The molecule has 0 saturated carbocycles. The molecule has 1 atom stereocenters. The molecule has 1 spiro atoms. The van der Waals surface area contributed by atoms with E-state index in [0.717, 1.165) is 55.6 Å². The number of aryl methyl sites for hydroxylation is 2. The number of carbonyl (C=O) groups excluding carboxylic acids is 2. The molecule has 0 aromatic heterocycles. The van der Waals surface area contributed by atoms with E-state index in [4.69, 9.17) is 0 Å². The Morgan fingerprint density at radius 1 is 0.333 bits per heavy atom. The lowest BCUT2D eigenvalue weighted by Crippen LogP contribution is -2.28. The molecule has 0 aliphatic heterocycles. The van der Waals surface area contributed by atoms with Crippen molar-refractivity contribution in [2.75, 3.05) is 0 Å². The molecule has 0 amide bonds. The van der Waals surface area contributed by atoms with Crippen LogP contribution in [0.25, 0.3) is 77.5 Å². The highest BCUT2D eigenvalue weighted by Crippen LogP contribution is 2.69. The number of benzene rings is 12. The van der Waals surface area contributed by atoms with Crippen LogP contribution < -0.4 is 0 Å². The Morgan fingerprint density at radius 2 is 0.756 bits per heavy atom. The Kier molecular flexibility index (Phi) is 10.3. The van der Waals surface area contributed by atoms with Crippen LogP contribution >= 0.6 is 0 Å². The molecule has 3 aliphatic rings. The van der Waals surface area contributed by atoms with E-state index in [1.54, 1.807) is 0 Å². The van der Waals surface area contributed by atoms with E-state index in [0.29, 0.717) is 22.3 Å². The molecule has 366 valence electrons. The summed E-state index contributed by atoms with van der Waals surface area (Å²) in [5.74, 6) is -0.343. The third-order valence-corrected chi connectivity index (χ3v) is 17.3. The first-order chi connectivity index (χ1) is 38.4. The van der Waals surface area contributed by atoms with Gasteiger partial charge in [-0.05, 0) is 154 Å². The van der Waals surface area contributed by atoms with E-state index in [1.165, 1.54) is 72.0 Å². The standard InChI is InChI=1S/C76H50O2/c1-46-42-63-64(43-47(46)2)71-62-41-39-52(75(78)61-35-17-14-30-55(61)50-26-10-5-11-27-50)45-68(62)76(66-36-20-18-31-56(66)57-32-19-21-37-67(57)76)73(71)72-69(58-33-15-12-28-53(58)48-22-6-3-7-23-48)65-44-51(38-40-59(65)70(63)72)74(77)60-34-16-13-29-54(60)49-24-8-4-9-25-49/h3-45,69H,1-2H3. The maximum atomic E-state index is 15.5. The number of rotatable bonds is 8. The van der Waals surface area contributed by atoms with E-state index in [-0.39, 0.29) is 17.5 Å². The van der Waals surface area contributed by atoms with Gasteiger partial charge < -0.3 is 0 Å². The maximum Gasteiger partial charge on any atom is 0.193 e. The maximum absolute atomic E-state index is 15.5. The Hall–Kier alpha value is -9.76. The molecule has 0 bridgehead atoms. The zero-order valence-corrected chi connectivity index (χ0v) is 43.2. The largest absolute Gasteiger partial charge is 0.289 e. The van der Waals surface area contributed by atoms with Gasteiger partial charge in [0, 0.05) is 28.2 Å². The molecule has 15 rings (SSSR count). The van der Waals surface area contributed by atoms with Gasteiger partial charge in [-0.15, -0.1) is 0 Å². The van der Waals surface area contributed by atoms with Crippen LogP contribution in [-0.4, -0.2) is 11.6 Å². The fourth-order valence-electron chi connectivity index (χ4n) is 13.9. The van der Waals surface area contributed by atoms with Gasteiger partial charge >= 0.3 is 0 Å². The molecule has 78 heavy (non-hydrogen) atoms. The molecule has 2 nitrogen and oxygen atoms in total. The first-order valence-electron chi connectivity index (χ1n) is 27.0. The topological polar surface area (TPSA) is 34.1 Å². The summed E-state index contributed by atoms with van der Waals surface area (Å²) in [4.78, 5) is 30.9. The van der Waals surface area contributed by atoms with Crippen molar-refractivity contribution in [3.8, 4) is 66.8 Å². The highest BCUT2D eigenvalue weighted by Gasteiger charge is 2.56. The van der Waals surface area contributed by atoms with Crippen LogP contribution in [0, 0.1) is 13.8 Å². The summed E-state index contributed by atoms with van der Waals surface area (Å²) in [5.41, 5.74) is 25.6. The summed E-state index contributed by atoms with van der Waals surface area (Å²) in [6, 6.07) is 91.9. The van der Waals surface area contributed by atoms with Crippen molar-refractivity contribution in [1.82, 2.24) is 0 Å². The van der Waals surface area contributed by atoms with Crippen molar-refractivity contribution in [2.24, 2.45) is 0 Å². The third kappa shape index (κ3) is 6.56. The zero-order valence-electron chi connectivity index (χ0n) is 43.2. The SMILES string of the molecule is Cc1cc2c3c(c4c(c2cc1C)-c1ccc(C(=O)c2ccccc2-c2ccccc2)cc1C41c2ccccc2-c2ccccc21)C(c1ccccc1-c1ccccc1)c1cc(C(=O)c2ccccc2-c2ccccc2)ccc1-3. The van der Waals surface area contributed by atoms with Gasteiger partial charge in [0.2, 0.25) is 0 Å². The predicted octanol–water partition coefficient (Wildman–Crippen LogP) is 18.4. The fourth-order valence-corrected chi connectivity index (χ4v) is 13.9. The number of carbonyl (C=O) groups is 2. The fraction of sp³-hybridized carbons (Fsp3) is 0.0526. The molecule has 0 saturated heterocycles. The number of fused-ring (bicyclic) bond motifs is 17. The van der Waals surface area contributed by atoms with Crippen molar-refractivity contribution in [1.29, 1.82) is 0 Å².